The number of carbonyl (C=O) groups is 1. The first-order valence-electron chi connectivity index (χ1n) is 7.36. The second kappa shape index (κ2) is 7.18. The third-order valence-electron chi connectivity index (χ3n) is 3.28. The van der Waals surface area contributed by atoms with Crippen LogP contribution < -0.4 is 14.8 Å². The number of ether oxygens (including phenoxy) is 2. The fourth-order valence-electron chi connectivity index (χ4n) is 2.19. The molecule has 7 nitrogen and oxygen atoms in total. The summed E-state index contributed by atoms with van der Waals surface area (Å²) in [4.78, 5) is 12.0. The highest BCUT2D eigenvalue weighted by molar-refractivity contribution is 7.88. The number of benzene rings is 1. The normalized spacial score (nSPS) is 13.6. The van der Waals surface area contributed by atoms with E-state index in [1.54, 1.807) is 12.1 Å². The molecule has 1 heterocycles. The van der Waals surface area contributed by atoms with Crippen molar-refractivity contribution in [2.24, 2.45) is 5.92 Å². The van der Waals surface area contributed by atoms with Gasteiger partial charge in [0.05, 0.1) is 12.8 Å². The zero-order valence-electron chi connectivity index (χ0n) is 13.5. The Hall–Kier alpha value is -1.80. The highest BCUT2D eigenvalue weighted by Gasteiger charge is 2.21. The highest BCUT2D eigenvalue weighted by Crippen LogP contribution is 2.32. The molecule has 8 heteroatoms. The molecule has 0 fully saturated rings. The van der Waals surface area contributed by atoms with Crippen molar-refractivity contribution in [1.82, 2.24) is 9.62 Å². The van der Waals surface area contributed by atoms with Gasteiger partial charge < -0.3 is 14.8 Å². The maximum absolute atomic E-state index is 12.0. The van der Waals surface area contributed by atoms with E-state index in [0.717, 1.165) is 11.8 Å². The molecule has 1 N–H and O–H groups in total. The molecule has 2 rings (SSSR count). The smallest absolute Gasteiger partial charge is 0.235 e. The Morgan fingerprint density at radius 3 is 2.65 bits per heavy atom. The Morgan fingerprint density at radius 1 is 1.30 bits per heavy atom. The van der Waals surface area contributed by atoms with E-state index in [-0.39, 0.29) is 25.2 Å². The van der Waals surface area contributed by atoms with Crippen LogP contribution in [0.2, 0.25) is 0 Å². The molecule has 128 valence electrons. The van der Waals surface area contributed by atoms with E-state index in [0.29, 0.717) is 24.6 Å². The van der Waals surface area contributed by atoms with Crippen molar-refractivity contribution in [2.75, 3.05) is 26.1 Å². The third-order valence-corrected chi connectivity index (χ3v) is 4.50. The SMILES string of the molecule is CC(C)CN(CC(=O)NCc1ccc2c(c1)OCO2)S(C)(=O)=O. The van der Waals surface area contributed by atoms with Crippen LogP contribution >= 0.6 is 0 Å². The molecule has 1 aliphatic rings. The summed E-state index contributed by atoms with van der Waals surface area (Å²) in [6.07, 6.45) is 1.11. The number of carbonyl (C=O) groups excluding carboxylic acids is 1. The summed E-state index contributed by atoms with van der Waals surface area (Å²) in [5, 5.41) is 2.72. The predicted molar refractivity (Wildman–Crippen MR) is 85.7 cm³/mol. The first kappa shape index (κ1) is 17.6. The van der Waals surface area contributed by atoms with Crippen molar-refractivity contribution in [3.05, 3.63) is 23.8 Å². The Labute approximate surface area is 136 Å². The van der Waals surface area contributed by atoms with Gasteiger partial charge >= 0.3 is 0 Å². The number of hydrogen-bond acceptors (Lipinski definition) is 5. The largest absolute Gasteiger partial charge is 0.454 e. The van der Waals surface area contributed by atoms with Crippen LogP contribution in [0.1, 0.15) is 19.4 Å². The minimum atomic E-state index is -3.41. The van der Waals surface area contributed by atoms with Crippen LogP contribution in [0.3, 0.4) is 0 Å². The summed E-state index contributed by atoms with van der Waals surface area (Å²) < 4.78 is 35.1. The number of hydrogen-bond donors (Lipinski definition) is 1. The molecule has 0 saturated heterocycles. The van der Waals surface area contributed by atoms with Crippen molar-refractivity contribution in [3.8, 4) is 11.5 Å². The molecule has 1 amide bonds. The Kier molecular flexibility index (Phi) is 5.48. The van der Waals surface area contributed by atoms with Gasteiger partial charge in [0.1, 0.15) is 0 Å². The van der Waals surface area contributed by atoms with Crippen LogP contribution in [0.25, 0.3) is 0 Å². The average molecular weight is 342 g/mol. The van der Waals surface area contributed by atoms with Crippen LogP contribution in [0, 0.1) is 5.92 Å². The molecule has 0 unspecified atom stereocenters. The molecule has 0 spiro atoms. The molecule has 0 aliphatic carbocycles. The van der Waals surface area contributed by atoms with Gasteiger partial charge in [0.2, 0.25) is 22.7 Å². The quantitative estimate of drug-likeness (QED) is 0.797. The maximum Gasteiger partial charge on any atom is 0.235 e. The van der Waals surface area contributed by atoms with Crippen molar-refractivity contribution < 1.29 is 22.7 Å². The van der Waals surface area contributed by atoms with Gasteiger partial charge in [0.15, 0.2) is 11.5 Å². The lowest BCUT2D eigenvalue weighted by atomic mass is 10.2. The standard InChI is InChI=1S/C15H22N2O5S/c1-11(2)8-17(23(3,19)20)9-15(18)16-7-12-4-5-13-14(6-12)22-10-21-13/h4-6,11H,7-10H2,1-3H3,(H,16,18). The van der Waals surface area contributed by atoms with E-state index in [1.807, 2.05) is 19.9 Å². The molecular formula is C15H22N2O5S. The van der Waals surface area contributed by atoms with E-state index >= 15 is 0 Å². The van der Waals surface area contributed by atoms with Crippen molar-refractivity contribution in [3.63, 3.8) is 0 Å². The van der Waals surface area contributed by atoms with E-state index in [9.17, 15) is 13.2 Å². The second-order valence-electron chi connectivity index (χ2n) is 5.91. The molecule has 1 aromatic carbocycles. The fraction of sp³-hybridized carbons (Fsp3) is 0.533. The molecule has 0 radical (unpaired) electrons. The van der Waals surface area contributed by atoms with Gasteiger partial charge in [0.25, 0.3) is 0 Å². The van der Waals surface area contributed by atoms with Gasteiger partial charge in [-0.05, 0) is 23.6 Å². The Morgan fingerprint density at radius 2 is 2.00 bits per heavy atom. The lowest BCUT2D eigenvalue weighted by molar-refractivity contribution is -0.121. The van der Waals surface area contributed by atoms with Crippen molar-refractivity contribution in [1.29, 1.82) is 0 Å². The average Bonchev–Trinajstić information content (AvgIpc) is 2.90. The summed E-state index contributed by atoms with van der Waals surface area (Å²) in [5.74, 6) is 1.13. The van der Waals surface area contributed by atoms with Gasteiger partial charge in [-0.15, -0.1) is 0 Å². The number of nitrogens with zero attached hydrogens (tertiary/aromatic N) is 1. The van der Waals surface area contributed by atoms with Gasteiger partial charge in [-0.25, -0.2) is 8.42 Å². The van der Waals surface area contributed by atoms with E-state index in [4.69, 9.17) is 9.47 Å². The number of nitrogens with one attached hydrogen (secondary N) is 1. The maximum atomic E-state index is 12.0. The molecule has 0 atom stereocenters. The number of fused-ring (bicyclic) bond motifs is 1. The number of sulfonamides is 1. The summed E-state index contributed by atoms with van der Waals surface area (Å²) in [7, 11) is -3.41. The van der Waals surface area contributed by atoms with E-state index in [1.165, 1.54) is 4.31 Å². The summed E-state index contributed by atoms with van der Waals surface area (Å²) >= 11 is 0. The summed E-state index contributed by atoms with van der Waals surface area (Å²) in [5.41, 5.74) is 0.859. The van der Waals surface area contributed by atoms with Crippen LogP contribution in [-0.2, 0) is 21.4 Å². The second-order valence-corrected chi connectivity index (χ2v) is 7.90. The number of amides is 1. The number of rotatable bonds is 7. The highest BCUT2D eigenvalue weighted by atomic mass is 32.2. The molecule has 0 aromatic heterocycles. The first-order chi connectivity index (χ1) is 10.8. The molecular weight excluding hydrogens is 320 g/mol. The molecule has 1 aliphatic heterocycles. The zero-order chi connectivity index (χ0) is 17.0. The van der Waals surface area contributed by atoms with Gasteiger partial charge in [0, 0.05) is 13.1 Å². The van der Waals surface area contributed by atoms with Crippen LogP contribution in [0.4, 0.5) is 0 Å². The van der Waals surface area contributed by atoms with Crippen LogP contribution in [-0.4, -0.2) is 44.8 Å². The predicted octanol–water partition coefficient (Wildman–Crippen LogP) is 0.949. The Bertz CT molecular complexity index is 672. The molecule has 1 aromatic rings. The minimum absolute atomic E-state index is 0.145. The Balaban J connectivity index is 1.91. The zero-order valence-corrected chi connectivity index (χ0v) is 14.4. The fourth-order valence-corrected chi connectivity index (χ4v) is 3.11. The first-order valence-corrected chi connectivity index (χ1v) is 9.21. The van der Waals surface area contributed by atoms with Crippen LogP contribution in [0.15, 0.2) is 18.2 Å². The topological polar surface area (TPSA) is 84.9 Å². The van der Waals surface area contributed by atoms with Crippen molar-refractivity contribution >= 4 is 15.9 Å². The minimum Gasteiger partial charge on any atom is -0.454 e. The third kappa shape index (κ3) is 5.11. The van der Waals surface area contributed by atoms with Crippen LogP contribution in [0.5, 0.6) is 11.5 Å². The lowest BCUT2D eigenvalue weighted by Gasteiger charge is -2.21. The molecule has 0 saturated carbocycles. The monoisotopic (exact) mass is 342 g/mol. The van der Waals surface area contributed by atoms with Gasteiger partial charge in [-0.2, -0.15) is 4.31 Å². The van der Waals surface area contributed by atoms with Gasteiger partial charge in [-0.3, -0.25) is 4.79 Å². The molecule has 23 heavy (non-hydrogen) atoms. The van der Waals surface area contributed by atoms with E-state index in [2.05, 4.69) is 5.32 Å². The van der Waals surface area contributed by atoms with Gasteiger partial charge in [-0.1, -0.05) is 19.9 Å². The van der Waals surface area contributed by atoms with E-state index < -0.39 is 10.0 Å². The van der Waals surface area contributed by atoms with Crippen molar-refractivity contribution in [2.45, 2.75) is 20.4 Å². The summed E-state index contributed by atoms with van der Waals surface area (Å²) in [6.45, 7) is 4.45. The summed E-state index contributed by atoms with van der Waals surface area (Å²) in [6, 6.07) is 5.41. The lowest BCUT2D eigenvalue weighted by Crippen LogP contribution is -2.41. The molecule has 0 bridgehead atoms.